The minimum Gasteiger partial charge on any atom is -0.357 e. The molecule has 0 bridgehead atoms. The summed E-state index contributed by atoms with van der Waals surface area (Å²) in [5, 5.41) is 12.1. The monoisotopic (exact) mass is 334 g/mol. The summed E-state index contributed by atoms with van der Waals surface area (Å²) in [6, 6.07) is 7.85. The Hall–Kier alpha value is -2.08. The van der Waals surface area contributed by atoms with E-state index in [9.17, 15) is 0 Å². The quantitative estimate of drug-likeness (QED) is 0.651. The van der Waals surface area contributed by atoms with Crippen LogP contribution in [0, 0.1) is 0 Å². The molecule has 6 nitrogen and oxygen atoms in total. The average molecular weight is 335 g/mol. The van der Waals surface area contributed by atoms with Crippen molar-refractivity contribution in [3.8, 4) is 0 Å². The van der Waals surface area contributed by atoms with Crippen LogP contribution in [-0.4, -0.2) is 39.2 Å². The second-order valence-corrected chi connectivity index (χ2v) is 5.62. The van der Waals surface area contributed by atoms with E-state index in [1.54, 1.807) is 6.33 Å². The summed E-state index contributed by atoms with van der Waals surface area (Å²) in [5.74, 6) is 1.70. The molecule has 1 aromatic carbocycles. The lowest BCUT2D eigenvalue weighted by atomic mass is 10.2. The third-order valence-corrected chi connectivity index (χ3v) is 3.69. The van der Waals surface area contributed by atoms with Gasteiger partial charge in [0.15, 0.2) is 11.8 Å². The Kier molecular flexibility index (Phi) is 6.40. The Bertz CT molecular complexity index is 634. The molecule has 0 aliphatic heterocycles. The van der Waals surface area contributed by atoms with Gasteiger partial charge in [-0.05, 0) is 31.5 Å². The Labute approximate surface area is 142 Å². The Balaban J connectivity index is 2.06. The second kappa shape index (κ2) is 8.53. The summed E-state index contributed by atoms with van der Waals surface area (Å²) >= 11 is 5.93. The van der Waals surface area contributed by atoms with Gasteiger partial charge in [0.25, 0.3) is 0 Å². The normalized spacial score (nSPS) is 11.6. The van der Waals surface area contributed by atoms with Gasteiger partial charge in [-0.25, -0.2) is 4.99 Å². The molecule has 0 fully saturated rings. The van der Waals surface area contributed by atoms with Crippen molar-refractivity contribution in [3.05, 3.63) is 47.0 Å². The molecule has 124 valence electrons. The first kappa shape index (κ1) is 17.3. The number of benzene rings is 1. The number of hydrogen-bond acceptors (Lipinski definition) is 3. The Morgan fingerprint density at radius 3 is 2.70 bits per heavy atom. The highest BCUT2D eigenvalue weighted by Gasteiger charge is 2.08. The molecule has 1 heterocycles. The van der Waals surface area contributed by atoms with Crippen LogP contribution in [0.5, 0.6) is 0 Å². The van der Waals surface area contributed by atoms with Crippen LogP contribution in [0.3, 0.4) is 0 Å². The van der Waals surface area contributed by atoms with Crippen molar-refractivity contribution < 1.29 is 0 Å². The molecular formula is C16H23ClN6. The number of guanidine groups is 1. The fourth-order valence-electron chi connectivity index (χ4n) is 2.22. The SMILES string of the molecule is CCNC(=NCc1nncn1CC)N(C)Cc1ccc(Cl)cc1. The molecular weight excluding hydrogens is 312 g/mol. The molecule has 0 saturated heterocycles. The van der Waals surface area contributed by atoms with E-state index in [2.05, 4.69) is 39.3 Å². The Morgan fingerprint density at radius 2 is 2.04 bits per heavy atom. The van der Waals surface area contributed by atoms with Crippen molar-refractivity contribution >= 4 is 17.6 Å². The van der Waals surface area contributed by atoms with Gasteiger partial charge < -0.3 is 14.8 Å². The van der Waals surface area contributed by atoms with Crippen LogP contribution in [0.4, 0.5) is 0 Å². The van der Waals surface area contributed by atoms with Gasteiger partial charge in [0.1, 0.15) is 12.9 Å². The van der Waals surface area contributed by atoms with E-state index in [1.165, 1.54) is 5.56 Å². The highest BCUT2D eigenvalue weighted by atomic mass is 35.5. The molecule has 0 aliphatic rings. The van der Waals surface area contributed by atoms with Crippen LogP contribution in [0.15, 0.2) is 35.6 Å². The van der Waals surface area contributed by atoms with Crippen molar-refractivity contribution in [2.45, 2.75) is 33.5 Å². The van der Waals surface area contributed by atoms with E-state index >= 15 is 0 Å². The molecule has 23 heavy (non-hydrogen) atoms. The first-order valence-electron chi connectivity index (χ1n) is 7.74. The van der Waals surface area contributed by atoms with Crippen molar-refractivity contribution in [2.24, 2.45) is 4.99 Å². The number of rotatable bonds is 6. The lowest BCUT2D eigenvalue weighted by Crippen LogP contribution is -2.38. The van der Waals surface area contributed by atoms with E-state index in [0.717, 1.165) is 36.4 Å². The first-order valence-corrected chi connectivity index (χ1v) is 8.12. The maximum atomic E-state index is 5.93. The first-order chi connectivity index (χ1) is 11.1. The van der Waals surface area contributed by atoms with Gasteiger partial charge in [-0.3, -0.25) is 0 Å². The lowest BCUT2D eigenvalue weighted by molar-refractivity contribution is 0.476. The fraction of sp³-hybridized carbons (Fsp3) is 0.438. The van der Waals surface area contributed by atoms with E-state index < -0.39 is 0 Å². The second-order valence-electron chi connectivity index (χ2n) is 5.19. The van der Waals surface area contributed by atoms with Gasteiger partial charge in [0, 0.05) is 31.7 Å². The molecule has 1 aromatic heterocycles. The van der Waals surface area contributed by atoms with Crippen molar-refractivity contribution in [3.63, 3.8) is 0 Å². The predicted octanol–water partition coefficient (Wildman–Crippen LogP) is 2.55. The Morgan fingerprint density at radius 1 is 1.30 bits per heavy atom. The number of nitrogens with one attached hydrogen (secondary N) is 1. The van der Waals surface area contributed by atoms with Gasteiger partial charge >= 0.3 is 0 Å². The number of nitrogens with zero attached hydrogens (tertiary/aromatic N) is 5. The van der Waals surface area contributed by atoms with E-state index in [0.29, 0.717) is 6.54 Å². The van der Waals surface area contributed by atoms with E-state index in [-0.39, 0.29) is 0 Å². The van der Waals surface area contributed by atoms with E-state index in [4.69, 9.17) is 11.6 Å². The number of halogens is 1. The zero-order valence-electron chi connectivity index (χ0n) is 13.8. The summed E-state index contributed by atoms with van der Waals surface area (Å²) in [5.41, 5.74) is 1.18. The zero-order valence-corrected chi connectivity index (χ0v) is 14.6. The highest BCUT2D eigenvalue weighted by Crippen LogP contribution is 2.11. The van der Waals surface area contributed by atoms with E-state index in [1.807, 2.05) is 35.9 Å². The van der Waals surface area contributed by atoms with Crippen LogP contribution in [0.1, 0.15) is 25.2 Å². The van der Waals surface area contributed by atoms with Crippen LogP contribution in [0.2, 0.25) is 5.02 Å². The van der Waals surface area contributed by atoms with Crippen LogP contribution >= 0.6 is 11.6 Å². The van der Waals surface area contributed by atoms with Gasteiger partial charge in [0.2, 0.25) is 0 Å². The maximum absolute atomic E-state index is 5.93. The van der Waals surface area contributed by atoms with Crippen molar-refractivity contribution in [1.82, 2.24) is 25.0 Å². The third-order valence-electron chi connectivity index (χ3n) is 3.44. The molecule has 1 N–H and O–H groups in total. The van der Waals surface area contributed by atoms with Crippen LogP contribution in [-0.2, 0) is 19.6 Å². The molecule has 0 radical (unpaired) electrons. The molecule has 2 rings (SSSR count). The molecule has 2 aromatic rings. The smallest absolute Gasteiger partial charge is 0.194 e. The molecule has 0 spiro atoms. The summed E-state index contributed by atoms with van der Waals surface area (Å²) < 4.78 is 1.99. The van der Waals surface area contributed by atoms with Gasteiger partial charge in [0.05, 0.1) is 0 Å². The number of aromatic nitrogens is 3. The molecule has 0 aliphatic carbocycles. The zero-order chi connectivity index (χ0) is 16.7. The summed E-state index contributed by atoms with van der Waals surface area (Å²) in [7, 11) is 2.01. The fourth-order valence-corrected chi connectivity index (χ4v) is 2.35. The topological polar surface area (TPSA) is 58.3 Å². The van der Waals surface area contributed by atoms with Gasteiger partial charge in [-0.15, -0.1) is 10.2 Å². The lowest BCUT2D eigenvalue weighted by Gasteiger charge is -2.22. The molecule has 0 saturated carbocycles. The van der Waals surface area contributed by atoms with Crippen molar-refractivity contribution in [2.75, 3.05) is 13.6 Å². The summed E-state index contributed by atoms with van der Waals surface area (Å²) in [6.07, 6.45) is 1.73. The summed E-state index contributed by atoms with van der Waals surface area (Å²) in [4.78, 5) is 6.74. The van der Waals surface area contributed by atoms with Crippen molar-refractivity contribution in [1.29, 1.82) is 0 Å². The molecule has 0 atom stereocenters. The maximum Gasteiger partial charge on any atom is 0.194 e. The van der Waals surface area contributed by atoms with Gasteiger partial charge in [-0.1, -0.05) is 23.7 Å². The van der Waals surface area contributed by atoms with Gasteiger partial charge in [-0.2, -0.15) is 0 Å². The largest absolute Gasteiger partial charge is 0.357 e. The number of aryl methyl sites for hydroxylation is 1. The molecule has 0 amide bonds. The molecule has 7 heteroatoms. The number of aliphatic imine (C=N–C) groups is 1. The molecule has 0 unspecified atom stereocenters. The number of hydrogen-bond donors (Lipinski definition) is 1. The third kappa shape index (κ3) is 4.96. The van der Waals surface area contributed by atoms with Crippen LogP contribution < -0.4 is 5.32 Å². The average Bonchev–Trinajstić information content (AvgIpc) is 3.01. The predicted molar refractivity (Wildman–Crippen MR) is 93.4 cm³/mol. The standard InChI is InChI=1S/C16H23ClN6/c1-4-18-16(19-10-15-21-20-12-23(15)5-2)22(3)11-13-6-8-14(17)9-7-13/h6-9,12H,4-5,10-11H2,1-3H3,(H,18,19). The minimum atomic E-state index is 0.501. The summed E-state index contributed by atoms with van der Waals surface area (Å²) in [6.45, 7) is 7.03. The minimum absolute atomic E-state index is 0.501. The highest BCUT2D eigenvalue weighted by molar-refractivity contribution is 6.30. The van der Waals surface area contributed by atoms with Crippen LogP contribution in [0.25, 0.3) is 0 Å².